The smallest absolute Gasteiger partial charge is 0.0931 e. The Kier molecular flexibility index (Phi) is 5.92. The van der Waals surface area contributed by atoms with Crippen LogP contribution in [-0.2, 0) is 9.47 Å². The molecule has 0 aliphatic carbocycles. The quantitative estimate of drug-likeness (QED) is 0.782. The highest BCUT2D eigenvalue weighted by molar-refractivity contribution is 7.16. The van der Waals surface area contributed by atoms with Gasteiger partial charge in [-0.1, -0.05) is 11.6 Å². The van der Waals surface area contributed by atoms with Gasteiger partial charge in [-0.15, -0.1) is 11.3 Å². The van der Waals surface area contributed by atoms with E-state index in [1.54, 1.807) is 11.3 Å². The van der Waals surface area contributed by atoms with Crippen molar-refractivity contribution in [3.8, 4) is 0 Å². The molecule has 5 heteroatoms. The maximum absolute atomic E-state index is 5.92. The van der Waals surface area contributed by atoms with Gasteiger partial charge in [-0.2, -0.15) is 0 Å². The van der Waals surface area contributed by atoms with E-state index in [1.165, 1.54) is 4.88 Å². The number of ether oxygens (including phenoxy) is 2. The lowest BCUT2D eigenvalue weighted by Crippen LogP contribution is -2.21. The van der Waals surface area contributed by atoms with E-state index < -0.39 is 0 Å². The number of halogens is 1. The van der Waals surface area contributed by atoms with Crippen LogP contribution in [0.5, 0.6) is 0 Å². The van der Waals surface area contributed by atoms with Crippen LogP contribution in [0, 0.1) is 0 Å². The standard InChI is InChI=1S/C13H20ClNO2S/c1-10(12-3-4-13(14)18-12)15-6-2-7-17-11-5-8-16-9-11/h3-4,10-11,15H,2,5-9H2,1H3/t10-,11+/m1/s1. The number of thiophene rings is 1. The van der Waals surface area contributed by atoms with Crippen LogP contribution in [0.3, 0.4) is 0 Å². The summed E-state index contributed by atoms with van der Waals surface area (Å²) in [5.41, 5.74) is 0. The molecule has 0 aromatic carbocycles. The van der Waals surface area contributed by atoms with Gasteiger partial charge in [0.25, 0.3) is 0 Å². The Morgan fingerprint density at radius 1 is 1.61 bits per heavy atom. The van der Waals surface area contributed by atoms with Crippen LogP contribution in [0.4, 0.5) is 0 Å². The molecule has 0 radical (unpaired) electrons. The van der Waals surface area contributed by atoms with Crippen molar-refractivity contribution in [2.24, 2.45) is 0 Å². The fourth-order valence-corrected chi connectivity index (χ4v) is 3.03. The van der Waals surface area contributed by atoms with Gasteiger partial charge >= 0.3 is 0 Å². The third kappa shape index (κ3) is 4.52. The van der Waals surface area contributed by atoms with Crippen LogP contribution >= 0.6 is 22.9 Å². The summed E-state index contributed by atoms with van der Waals surface area (Å²) in [7, 11) is 0. The molecule has 18 heavy (non-hydrogen) atoms. The molecule has 1 aliphatic heterocycles. The summed E-state index contributed by atoms with van der Waals surface area (Å²) < 4.78 is 11.8. The van der Waals surface area contributed by atoms with Gasteiger partial charge in [0.15, 0.2) is 0 Å². The first-order chi connectivity index (χ1) is 8.75. The minimum absolute atomic E-state index is 0.318. The first kappa shape index (κ1) is 14.3. The van der Waals surface area contributed by atoms with E-state index in [4.69, 9.17) is 21.1 Å². The van der Waals surface area contributed by atoms with Gasteiger partial charge in [-0.05, 0) is 38.4 Å². The van der Waals surface area contributed by atoms with Gasteiger partial charge in [-0.3, -0.25) is 0 Å². The molecule has 1 N–H and O–H groups in total. The molecule has 1 saturated heterocycles. The second kappa shape index (κ2) is 7.46. The largest absolute Gasteiger partial charge is 0.379 e. The van der Waals surface area contributed by atoms with Crippen LogP contribution in [0.1, 0.15) is 30.7 Å². The first-order valence-electron chi connectivity index (χ1n) is 6.43. The molecule has 0 unspecified atom stereocenters. The lowest BCUT2D eigenvalue weighted by Gasteiger charge is -2.13. The SMILES string of the molecule is C[C@@H](NCCCO[C@H]1CCOC1)c1ccc(Cl)s1. The van der Waals surface area contributed by atoms with E-state index in [-0.39, 0.29) is 0 Å². The topological polar surface area (TPSA) is 30.5 Å². The fourth-order valence-electron chi connectivity index (χ4n) is 1.95. The van der Waals surface area contributed by atoms with Crippen molar-refractivity contribution < 1.29 is 9.47 Å². The van der Waals surface area contributed by atoms with Gasteiger partial charge in [0, 0.05) is 24.1 Å². The maximum atomic E-state index is 5.92. The van der Waals surface area contributed by atoms with E-state index >= 15 is 0 Å². The molecule has 0 spiro atoms. The molecule has 102 valence electrons. The second-order valence-electron chi connectivity index (χ2n) is 4.53. The van der Waals surface area contributed by atoms with E-state index in [9.17, 15) is 0 Å². The summed E-state index contributed by atoms with van der Waals surface area (Å²) in [6.07, 6.45) is 2.39. The summed E-state index contributed by atoms with van der Waals surface area (Å²) in [6, 6.07) is 4.39. The lowest BCUT2D eigenvalue weighted by molar-refractivity contribution is 0.0414. The van der Waals surface area contributed by atoms with Gasteiger partial charge in [0.2, 0.25) is 0 Å². The summed E-state index contributed by atoms with van der Waals surface area (Å²) in [4.78, 5) is 1.28. The zero-order chi connectivity index (χ0) is 12.8. The summed E-state index contributed by atoms with van der Waals surface area (Å²) in [5, 5.41) is 3.48. The van der Waals surface area contributed by atoms with E-state index in [0.717, 1.165) is 43.5 Å². The number of nitrogens with one attached hydrogen (secondary N) is 1. The Hall–Kier alpha value is -0.130. The third-order valence-corrected chi connectivity index (χ3v) is 4.45. The van der Waals surface area contributed by atoms with Gasteiger partial charge in [0.1, 0.15) is 0 Å². The summed E-state index contributed by atoms with van der Waals surface area (Å²) in [5.74, 6) is 0. The molecule has 0 bridgehead atoms. The predicted molar refractivity (Wildman–Crippen MR) is 75.5 cm³/mol. The Labute approximate surface area is 117 Å². The molecule has 1 fully saturated rings. The van der Waals surface area contributed by atoms with Crippen LogP contribution in [0.2, 0.25) is 4.34 Å². The molecule has 0 saturated carbocycles. The van der Waals surface area contributed by atoms with E-state index in [2.05, 4.69) is 18.3 Å². The summed E-state index contributed by atoms with van der Waals surface area (Å²) in [6.45, 7) is 5.54. The normalized spacial score (nSPS) is 21.3. The average molecular weight is 290 g/mol. The Balaban J connectivity index is 1.54. The van der Waals surface area contributed by atoms with Crippen LogP contribution in [0.25, 0.3) is 0 Å². The lowest BCUT2D eigenvalue weighted by atomic mass is 10.2. The number of hydrogen-bond acceptors (Lipinski definition) is 4. The van der Waals surface area contributed by atoms with Crippen molar-refractivity contribution in [2.75, 3.05) is 26.4 Å². The van der Waals surface area contributed by atoms with E-state index in [1.807, 2.05) is 6.07 Å². The zero-order valence-electron chi connectivity index (χ0n) is 10.7. The molecule has 2 heterocycles. The van der Waals surface area contributed by atoms with Crippen LogP contribution in [0.15, 0.2) is 12.1 Å². The monoisotopic (exact) mass is 289 g/mol. The van der Waals surface area contributed by atoms with Crippen LogP contribution < -0.4 is 5.32 Å². The number of rotatable bonds is 7. The highest BCUT2D eigenvalue weighted by atomic mass is 35.5. The van der Waals surface area contributed by atoms with Gasteiger partial charge in [0.05, 0.1) is 17.0 Å². The van der Waals surface area contributed by atoms with Gasteiger partial charge < -0.3 is 14.8 Å². The molecule has 1 aromatic rings. The van der Waals surface area contributed by atoms with Crippen LogP contribution in [-0.4, -0.2) is 32.5 Å². The Morgan fingerprint density at radius 3 is 3.17 bits per heavy atom. The molecular formula is C13H20ClNO2S. The highest BCUT2D eigenvalue weighted by Gasteiger charge is 2.15. The molecule has 1 aromatic heterocycles. The Morgan fingerprint density at radius 2 is 2.50 bits per heavy atom. The maximum Gasteiger partial charge on any atom is 0.0931 e. The fraction of sp³-hybridized carbons (Fsp3) is 0.692. The van der Waals surface area contributed by atoms with Crippen molar-refractivity contribution in [1.82, 2.24) is 5.32 Å². The number of hydrogen-bond donors (Lipinski definition) is 1. The molecule has 0 amide bonds. The second-order valence-corrected chi connectivity index (χ2v) is 6.27. The van der Waals surface area contributed by atoms with Crippen molar-refractivity contribution in [3.63, 3.8) is 0 Å². The summed E-state index contributed by atoms with van der Waals surface area (Å²) >= 11 is 7.56. The average Bonchev–Trinajstić information content (AvgIpc) is 2.99. The van der Waals surface area contributed by atoms with Crippen molar-refractivity contribution in [1.29, 1.82) is 0 Å². The molecule has 1 aliphatic rings. The van der Waals surface area contributed by atoms with E-state index in [0.29, 0.717) is 12.1 Å². The minimum atomic E-state index is 0.318. The van der Waals surface area contributed by atoms with Crippen molar-refractivity contribution >= 4 is 22.9 Å². The molecule has 2 rings (SSSR count). The first-order valence-corrected chi connectivity index (χ1v) is 7.63. The third-order valence-electron chi connectivity index (χ3n) is 3.03. The molecule has 3 nitrogen and oxygen atoms in total. The van der Waals surface area contributed by atoms with Crippen molar-refractivity contribution in [2.45, 2.75) is 31.9 Å². The van der Waals surface area contributed by atoms with Gasteiger partial charge in [-0.25, -0.2) is 0 Å². The Bertz CT molecular complexity index is 353. The predicted octanol–water partition coefficient (Wildman–Crippen LogP) is 3.25. The zero-order valence-corrected chi connectivity index (χ0v) is 12.2. The minimum Gasteiger partial charge on any atom is -0.379 e. The van der Waals surface area contributed by atoms with Crippen molar-refractivity contribution in [3.05, 3.63) is 21.3 Å². The molecular weight excluding hydrogens is 270 g/mol. The highest BCUT2D eigenvalue weighted by Crippen LogP contribution is 2.26. The molecule has 2 atom stereocenters.